The molecule has 0 spiro atoms. The highest BCUT2D eigenvalue weighted by Gasteiger charge is 2.22. The van der Waals surface area contributed by atoms with E-state index in [1.54, 1.807) is 23.3 Å². The summed E-state index contributed by atoms with van der Waals surface area (Å²) >= 11 is 1.67. The van der Waals surface area contributed by atoms with E-state index in [-0.39, 0.29) is 18.4 Å². The Hall–Kier alpha value is -2.18. The predicted octanol–water partition coefficient (Wildman–Crippen LogP) is 5.81. The number of nitrogens with zero attached hydrogens (tertiary/aromatic N) is 2. The first-order chi connectivity index (χ1) is 16.0. The molecule has 1 aromatic carbocycles. The van der Waals surface area contributed by atoms with Crippen molar-refractivity contribution in [3.8, 4) is 0 Å². The summed E-state index contributed by atoms with van der Waals surface area (Å²) in [5.41, 5.74) is 2.28. The number of aryl methyl sites for hydroxylation is 1. The molecule has 33 heavy (non-hydrogen) atoms. The molecular formula is C27H40N2O3S. The molecule has 0 aliphatic carbocycles. The maximum Gasteiger partial charge on any atom is 0.242 e. The van der Waals surface area contributed by atoms with Gasteiger partial charge >= 0.3 is 0 Å². The van der Waals surface area contributed by atoms with Crippen molar-refractivity contribution in [3.63, 3.8) is 0 Å². The molecule has 0 bridgehead atoms. The summed E-state index contributed by atoms with van der Waals surface area (Å²) in [5.74, 6) is 0.0157. The van der Waals surface area contributed by atoms with E-state index in [0.29, 0.717) is 32.7 Å². The van der Waals surface area contributed by atoms with Gasteiger partial charge in [0.1, 0.15) is 0 Å². The van der Waals surface area contributed by atoms with Crippen LogP contribution in [-0.2, 0) is 27.4 Å². The van der Waals surface area contributed by atoms with E-state index in [2.05, 4.69) is 25.3 Å². The molecule has 0 saturated heterocycles. The molecule has 0 fully saturated rings. The van der Waals surface area contributed by atoms with E-state index in [4.69, 9.17) is 4.74 Å². The number of amides is 2. The van der Waals surface area contributed by atoms with Crippen LogP contribution in [0.3, 0.4) is 0 Å². The normalized spacial score (nSPS) is 10.9. The molecule has 0 atom stereocenters. The van der Waals surface area contributed by atoms with Gasteiger partial charge in [0, 0.05) is 31.5 Å². The van der Waals surface area contributed by atoms with Gasteiger partial charge < -0.3 is 14.5 Å². The fourth-order valence-electron chi connectivity index (χ4n) is 3.75. The lowest BCUT2D eigenvalue weighted by Gasteiger charge is -2.28. The van der Waals surface area contributed by atoms with E-state index in [0.717, 1.165) is 18.4 Å². The molecule has 2 amide bonds. The minimum absolute atomic E-state index is 0.0287. The summed E-state index contributed by atoms with van der Waals surface area (Å²) in [5, 5.41) is 2.06. The van der Waals surface area contributed by atoms with Crippen LogP contribution in [0.5, 0.6) is 0 Å². The average Bonchev–Trinajstić information content (AvgIpc) is 3.23. The first kappa shape index (κ1) is 27.1. The topological polar surface area (TPSA) is 49.9 Å². The molecule has 1 heterocycles. The van der Waals surface area contributed by atoms with Gasteiger partial charge in [-0.05, 0) is 35.9 Å². The Morgan fingerprint density at radius 3 is 2.30 bits per heavy atom. The summed E-state index contributed by atoms with van der Waals surface area (Å²) in [4.78, 5) is 31.1. The fraction of sp³-hybridized carbons (Fsp3) is 0.556. The van der Waals surface area contributed by atoms with E-state index < -0.39 is 0 Å². The summed E-state index contributed by atoms with van der Waals surface area (Å²) in [6.07, 6.45) is 7.31. The van der Waals surface area contributed by atoms with E-state index in [9.17, 15) is 9.59 Å². The number of unbranched alkanes of at least 4 members (excludes halogenated alkanes) is 5. The molecule has 2 aromatic rings. The molecule has 5 nitrogen and oxygen atoms in total. The fourth-order valence-corrected chi connectivity index (χ4v) is 4.67. The van der Waals surface area contributed by atoms with Crippen LogP contribution in [0, 0.1) is 6.92 Å². The van der Waals surface area contributed by atoms with Crippen LogP contribution < -0.4 is 0 Å². The molecule has 0 N–H and O–H groups in total. The number of carbonyl (C=O) groups is 2. The van der Waals surface area contributed by atoms with E-state index in [1.807, 2.05) is 35.2 Å². The lowest BCUT2D eigenvalue weighted by atomic mass is 10.1. The van der Waals surface area contributed by atoms with Gasteiger partial charge in [-0.3, -0.25) is 9.59 Å². The number of benzene rings is 1. The number of hydrogen-bond acceptors (Lipinski definition) is 4. The van der Waals surface area contributed by atoms with Crippen LogP contribution >= 0.6 is 11.3 Å². The molecule has 2 rings (SSSR count). The Morgan fingerprint density at radius 2 is 1.64 bits per heavy atom. The number of thiophene rings is 1. The minimum Gasteiger partial charge on any atom is -0.383 e. The Labute approximate surface area is 203 Å². The zero-order valence-electron chi connectivity index (χ0n) is 20.6. The highest BCUT2D eigenvalue weighted by Crippen LogP contribution is 2.20. The third kappa shape index (κ3) is 10.1. The molecule has 0 saturated carbocycles. The second kappa shape index (κ2) is 15.6. The highest BCUT2D eigenvalue weighted by atomic mass is 32.1. The van der Waals surface area contributed by atoms with Crippen LogP contribution in [0.15, 0.2) is 41.8 Å². The first-order valence-corrected chi connectivity index (χ1v) is 13.0. The standard InChI is InChI=1S/C27H40N2O3S/c1-4-5-6-7-8-12-15-26(30)28(17-18-32-3)22-27(31)29(20-24-13-10-9-11-14-24)21-25-23(2)16-19-33-25/h9-11,13-14,16,19H,4-8,12,15,17-18,20-22H2,1-3H3. The SMILES string of the molecule is CCCCCCCCC(=O)N(CCOC)CC(=O)N(Cc1ccccc1)Cc1sccc1C. The number of carbonyl (C=O) groups excluding carboxylic acids is 2. The number of hydrogen-bond donors (Lipinski definition) is 0. The van der Waals surface area contributed by atoms with Gasteiger partial charge in [-0.15, -0.1) is 11.3 Å². The van der Waals surface area contributed by atoms with Crippen LogP contribution in [-0.4, -0.2) is 48.4 Å². The van der Waals surface area contributed by atoms with Crippen LogP contribution in [0.4, 0.5) is 0 Å². The lowest BCUT2D eigenvalue weighted by molar-refractivity contribution is -0.141. The summed E-state index contributed by atoms with van der Waals surface area (Å²) in [6, 6.07) is 12.1. The number of methoxy groups -OCH3 is 1. The van der Waals surface area contributed by atoms with Gasteiger partial charge in [0.2, 0.25) is 11.8 Å². The Morgan fingerprint density at radius 1 is 0.909 bits per heavy atom. The van der Waals surface area contributed by atoms with Gasteiger partial charge in [-0.2, -0.15) is 0 Å². The molecule has 1 aromatic heterocycles. The van der Waals surface area contributed by atoms with E-state index in [1.165, 1.54) is 36.1 Å². The van der Waals surface area contributed by atoms with Crippen molar-refractivity contribution in [2.75, 3.05) is 26.8 Å². The molecule has 0 unspecified atom stereocenters. The Kier molecular flexibility index (Phi) is 12.8. The van der Waals surface area contributed by atoms with Crippen molar-refractivity contribution < 1.29 is 14.3 Å². The zero-order chi connectivity index (χ0) is 23.9. The maximum absolute atomic E-state index is 13.4. The molecule has 0 radical (unpaired) electrons. The van der Waals surface area contributed by atoms with Crippen molar-refractivity contribution in [1.29, 1.82) is 0 Å². The third-order valence-electron chi connectivity index (χ3n) is 5.86. The Balaban J connectivity index is 2.02. The number of ether oxygens (including phenoxy) is 1. The number of rotatable bonds is 16. The van der Waals surface area contributed by atoms with Crippen molar-refractivity contribution in [2.45, 2.75) is 71.9 Å². The predicted molar refractivity (Wildman–Crippen MR) is 136 cm³/mol. The Bertz CT molecular complexity index is 822. The average molecular weight is 473 g/mol. The van der Waals surface area contributed by atoms with Gasteiger partial charge in [-0.1, -0.05) is 69.4 Å². The highest BCUT2D eigenvalue weighted by molar-refractivity contribution is 7.10. The molecular weight excluding hydrogens is 432 g/mol. The first-order valence-electron chi connectivity index (χ1n) is 12.2. The second-order valence-electron chi connectivity index (χ2n) is 8.59. The van der Waals surface area contributed by atoms with Gasteiger partial charge in [0.25, 0.3) is 0 Å². The summed E-state index contributed by atoms with van der Waals surface area (Å²) < 4.78 is 5.21. The van der Waals surface area contributed by atoms with Crippen molar-refractivity contribution >= 4 is 23.2 Å². The lowest BCUT2D eigenvalue weighted by Crippen LogP contribution is -2.43. The van der Waals surface area contributed by atoms with Crippen LogP contribution in [0.2, 0.25) is 0 Å². The van der Waals surface area contributed by atoms with Gasteiger partial charge in [-0.25, -0.2) is 0 Å². The molecule has 182 valence electrons. The van der Waals surface area contributed by atoms with Crippen molar-refractivity contribution in [2.24, 2.45) is 0 Å². The molecule has 0 aliphatic heterocycles. The smallest absolute Gasteiger partial charge is 0.242 e. The largest absolute Gasteiger partial charge is 0.383 e. The molecule has 6 heteroatoms. The quantitative estimate of drug-likeness (QED) is 0.290. The second-order valence-corrected chi connectivity index (χ2v) is 9.59. The molecule has 0 aliphatic rings. The summed E-state index contributed by atoms with van der Waals surface area (Å²) in [6.45, 7) is 6.32. The zero-order valence-corrected chi connectivity index (χ0v) is 21.4. The maximum atomic E-state index is 13.4. The monoisotopic (exact) mass is 472 g/mol. The van der Waals surface area contributed by atoms with Crippen molar-refractivity contribution in [1.82, 2.24) is 9.80 Å². The third-order valence-corrected chi connectivity index (χ3v) is 6.87. The van der Waals surface area contributed by atoms with Crippen molar-refractivity contribution in [3.05, 3.63) is 57.8 Å². The van der Waals surface area contributed by atoms with Gasteiger partial charge in [0.05, 0.1) is 19.7 Å². The van der Waals surface area contributed by atoms with Crippen LogP contribution in [0.25, 0.3) is 0 Å². The van der Waals surface area contributed by atoms with Crippen LogP contribution in [0.1, 0.15) is 67.9 Å². The summed E-state index contributed by atoms with van der Waals surface area (Å²) in [7, 11) is 1.62. The van der Waals surface area contributed by atoms with E-state index >= 15 is 0 Å². The van der Waals surface area contributed by atoms with Gasteiger partial charge in [0.15, 0.2) is 0 Å². The minimum atomic E-state index is -0.0287.